The highest BCUT2D eigenvalue weighted by Crippen LogP contribution is 2.13. The standard InChI is InChI=1S/C12H19NO2/c1-2-4-11(5-3-10-14)13-8-6-12(15)7-9-13/h11,14H,2,4,6-10H2,1H3/t11-/m0/s1. The molecule has 0 aromatic rings. The Hall–Kier alpha value is -0.850. The SMILES string of the molecule is CCC[C@@H](C#CCO)N1CCC(=O)CC1. The van der Waals surface area contributed by atoms with Crippen LogP contribution >= 0.6 is 0 Å². The maximum absolute atomic E-state index is 11.1. The summed E-state index contributed by atoms with van der Waals surface area (Å²) in [6.45, 7) is 3.70. The molecule has 0 radical (unpaired) electrons. The molecule has 1 heterocycles. The Morgan fingerprint density at radius 1 is 1.47 bits per heavy atom. The molecule has 0 aliphatic carbocycles. The third-order valence-corrected chi connectivity index (χ3v) is 2.71. The van der Waals surface area contributed by atoms with Crippen LogP contribution in [0.15, 0.2) is 0 Å². The molecule has 15 heavy (non-hydrogen) atoms. The van der Waals surface area contributed by atoms with Crippen molar-refractivity contribution in [2.24, 2.45) is 0 Å². The molecule has 1 rings (SSSR count). The number of rotatable bonds is 3. The molecule has 3 heteroatoms. The molecule has 1 aliphatic rings. The molecule has 1 saturated heterocycles. The third kappa shape index (κ3) is 4.03. The Labute approximate surface area is 91.5 Å². The van der Waals surface area contributed by atoms with Gasteiger partial charge in [-0.1, -0.05) is 25.2 Å². The highest BCUT2D eigenvalue weighted by atomic mass is 16.2. The second kappa shape index (κ2) is 6.60. The van der Waals surface area contributed by atoms with Crippen molar-refractivity contribution in [3.8, 4) is 11.8 Å². The van der Waals surface area contributed by atoms with Gasteiger partial charge in [-0.3, -0.25) is 9.69 Å². The average molecular weight is 209 g/mol. The Morgan fingerprint density at radius 3 is 2.67 bits per heavy atom. The number of aliphatic hydroxyl groups excluding tert-OH is 1. The van der Waals surface area contributed by atoms with Crippen LogP contribution < -0.4 is 0 Å². The highest BCUT2D eigenvalue weighted by Gasteiger charge is 2.21. The minimum absolute atomic E-state index is 0.0764. The number of aliphatic hydroxyl groups is 1. The van der Waals surface area contributed by atoms with E-state index in [4.69, 9.17) is 5.11 Å². The van der Waals surface area contributed by atoms with Gasteiger partial charge in [0.05, 0.1) is 6.04 Å². The number of carbonyl (C=O) groups excluding carboxylic acids is 1. The fourth-order valence-corrected chi connectivity index (χ4v) is 1.87. The van der Waals surface area contributed by atoms with Crippen LogP contribution in [0.25, 0.3) is 0 Å². The summed E-state index contributed by atoms with van der Waals surface area (Å²) in [6.07, 6.45) is 3.40. The Morgan fingerprint density at radius 2 is 2.13 bits per heavy atom. The van der Waals surface area contributed by atoms with Gasteiger partial charge in [0.1, 0.15) is 12.4 Å². The van der Waals surface area contributed by atoms with E-state index in [1.807, 2.05) is 0 Å². The lowest BCUT2D eigenvalue weighted by Crippen LogP contribution is -2.40. The number of carbonyl (C=O) groups is 1. The largest absolute Gasteiger partial charge is 0.384 e. The molecule has 1 fully saturated rings. The van der Waals surface area contributed by atoms with Crippen molar-refractivity contribution in [3.05, 3.63) is 0 Å². The van der Waals surface area contributed by atoms with Crippen LogP contribution in [0.2, 0.25) is 0 Å². The Kier molecular flexibility index (Phi) is 5.38. The Balaban J connectivity index is 2.51. The topological polar surface area (TPSA) is 40.5 Å². The van der Waals surface area contributed by atoms with Crippen LogP contribution in [0.1, 0.15) is 32.6 Å². The summed E-state index contributed by atoms with van der Waals surface area (Å²) in [5, 5.41) is 8.68. The molecule has 0 spiro atoms. The van der Waals surface area contributed by atoms with E-state index in [0.717, 1.165) is 25.9 Å². The molecule has 1 N–H and O–H groups in total. The Bertz CT molecular complexity index is 255. The first-order valence-corrected chi connectivity index (χ1v) is 5.63. The number of ketones is 1. The lowest BCUT2D eigenvalue weighted by molar-refractivity contribution is -0.121. The van der Waals surface area contributed by atoms with Crippen molar-refractivity contribution < 1.29 is 9.90 Å². The number of hydrogen-bond donors (Lipinski definition) is 1. The molecule has 0 bridgehead atoms. The monoisotopic (exact) mass is 209 g/mol. The first-order valence-electron chi connectivity index (χ1n) is 5.63. The van der Waals surface area contributed by atoms with Gasteiger partial charge in [-0.15, -0.1) is 0 Å². The summed E-state index contributed by atoms with van der Waals surface area (Å²) in [7, 11) is 0. The van der Waals surface area contributed by atoms with Crippen LogP contribution in [0.5, 0.6) is 0 Å². The smallest absolute Gasteiger partial charge is 0.135 e. The zero-order valence-corrected chi connectivity index (χ0v) is 9.33. The van der Waals surface area contributed by atoms with Crippen molar-refractivity contribution in [2.75, 3.05) is 19.7 Å². The molecular weight excluding hydrogens is 190 g/mol. The lowest BCUT2D eigenvalue weighted by atomic mass is 10.0. The number of piperidine rings is 1. The second-order valence-electron chi connectivity index (χ2n) is 3.86. The van der Waals surface area contributed by atoms with E-state index in [1.165, 1.54) is 0 Å². The number of nitrogens with zero attached hydrogens (tertiary/aromatic N) is 1. The van der Waals surface area contributed by atoms with Gasteiger partial charge in [-0.25, -0.2) is 0 Å². The van der Waals surface area contributed by atoms with E-state index in [2.05, 4.69) is 23.7 Å². The van der Waals surface area contributed by atoms with Crippen molar-refractivity contribution >= 4 is 5.78 Å². The van der Waals surface area contributed by atoms with Crippen LogP contribution in [-0.4, -0.2) is 41.5 Å². The van der Waals surface area contributed by atoms with Crippen molar-refractivity contribution in [3.63, 3.8) is 0 Å². The molecule has 1 atom stereocenters. The van der Waals surface area contributed by atoms with Crippen molar-refractivity contribution in [1.82, 2.24) is 4.90 Å². The van der Waals surface area contributed by atoms with Crippen molar-refractivity contribution in [1.29, 1.82) is 0 Å². The molecule has 0 amide bonds. The zero-order valence-electron chi connectivity index (χ0n) is 9.33. The number of Topliss-reactive ketones (excluding diaryl/α,β-unsaturated/α-hetero) is 1. The van der Waals surface area contributed by atoms with Crippen LogP contribution in [0, 0.1) is 11.8 Å². The van der Waals surface area contributed by atoms with E-state index < -0.39 is 0 Å². The minimum Gasteiger partial charge on any atom is -0.384 e. The molecular formula is C12H19NO2. The first kappa shape index (κ1) is 12.2. The molecule has 3 nitrogen and oxygen atoms in total. The predicted octanol–water partition coefficient (Wildman–Crippen LogP) is 0.816. The normalized spacial score (nSPS) is 19.5. The molecule has 0 unspecified atom stereocenters. The van der Waals surface area contributed by atoms with Crippen molar-refractivity contribution in [2.45, 2.75) is 38.6 Å². The minimum atomic E-state index is -0.0764. The fraction of sp³-hybridized carbons (Fsp3) is 0.750. The first-order chi connectivity index (χ1) is 7.27. The van der Waals surface area contributed by atoms with E-state index in [1.54, 1.807) is 0 Å². The van der Waals surface area contributed by atoms with E-state index in [9.17, 15) is 4.79 Å². The van der Waals surface area contributed by atoms with Crippen LogP contribution in [0.3, 0.4) is 0 Å². The van der Waals surface area contributed by atoms with Gasteiger partial charge in [-0.2, -0.15) is 0 Å². The maximum atomic E-state index is 11.1. The maximum Gasteiger partial charge on any atom is 0.135 e. The van der Waals surface area contributed by atoms with E-state index in [0.29, 0.717) is 18.6 Å². The average Bonchev–Trinajstić information content (AvgIpc) is 2.25. The summed E-state index contributed by atoms with van der Waals surface area (Å²) >= 11 is 0. The number of likely N-dealkylation sites (tertiary alicyclic amines) is 1. The van der Waals surface area contributed by atoms with Crippen LogP contribution in [0.4, 0.5) is 0 Å². The van der Waals surface area contributed by atoms with Gasteiger partial charge >= 0.3 is 0 Å². The summed E-state index contributed by atoms with van der Waals surface area (Å²) in [5.41, 5.74) is 0. The molecule has 84 valence electrons. The molecule has 0 saturated carbocycles. The zero-order chi connectivity index (χ0) is 11.1. The summed E-state index contributed by atoms with van der Waals surface area (Å²) in [4.78, 5) is 13.4. The van der Waals surface area contributed by atoms with Gasteiger partial charge in [0.2, 0.25) is 0 Å². The van der Waals surface area contributed by atoms with Gasteiger partial charge < -0.3 is 5.11 Å². The summed E-state index contributed by atoms with van der Waals surface area (Å²) in [5.74, 6) is 6.15. The van der Waals surface area contributed by atoms with Crippen LogP contribution in [-0.2, 0) is 4.79 Å². The third-order valence-electron chi connectivity index (χ3n) is 2.71. The van der Waals surface area contributed by atoms with Gasteiger partial charge in [-0.05, 0) is 6.42 Å². The molecule has 0 aromatic carbocycles. The van der Waals surface area contributed by atoms with E-state index in [-0.39, 0.29) is 12.6 Å². The van der Waals surface area contributed by atoms with Gasteiger partial charge in [0, 0.05) is 25.9 Å². The molecule has 1 aliphatic heterocycles. The quantitative estimate of drug-likeness (QED) is 0.699. The summed E-state index contributed by atoms with van der Waals surface area (Å²) < 4.78 is 0. The van der Waals surface area contributed by atoms with Gasteiger partial charge in [0.25, 0.3) is 0 Å². The highest BCUT2D eigenvalue weighted by molar-refractivity contribution is 5.79. The van der Waals surface area contributed by atoms with E-state index >= 15 is 0 Å². The van der Waals surface area contributed by atoms with Gasteiger partial charge in [0.15, 0.2) is 0 Å². The lowest BCUT2D eigenvalue weighted by Gasteiger charge is -2.30. The predicted molar refractivity (Wildman–Crippen MR) is 59.4 cm³/mol. The second-order valence-corrected chi connectivity index (χ2v) is 3.86. The number of hydrogen-bond acceptors (Lipinski definition) is 3. The molecule has 0 aromatic heterocycles. The fourth-order valence-electron chi connectivity index (χ4n) is 1.87. The summed E-state index contributed by atoms with van der Waals surface area (Å²) in [6, 6.07) is 0.218.